The van der Waals surface area contributed by atoms with E-state index in [0.717, 1.165) is 16.6 Å². The maximum atomic E-state index is 8.77. The predicted molar refractivity (Wildman–Crippen MR) is 62.0 cm³/mol. The summed E-state index contributed by atoms with van der Waals surface area (Å²) < 4.78 is 1.03. The SMILES string of the molecule is CCC(C#N)CNc1ccccc1Br. The highest BCUT2D eigenvalue weighted by molar-refractivity contribution is 9.10. The van der Waals surface area contributed by atoms with Gasteiger partial charge in [-0.3, -0.25) is 0 Å². The fourth-order valence-corrected chi connectivity index (χ4v) is 1.54. The minimum atomic E-state index is 0.0853. The topological polar surface area (TPSA) is 35.8 Å². The van der Waals surface area contributed by atoms with Gasteiger partial charge in [-0.15, -0.1) is 0 Å². The summed E-state index contributed by atoms with van der Waals surface area (Å²) in [5.74, 6) is 0.0853. The summed E-state index contributed by atoms with van der Waals surface area (Å²) in [6, 6.07) is 10.2. The predicted octanol–water partition coefficient (Wildman–Crippen LogP) is 3.41. The van der Waals surface area contributed by atoms with Crippen LogP contribution >= 0.6 is 15.9 Å². The summed E-state index contributed by atoms with van der Waals surface area (Å²) >= 11 is 3.44. The molecule has 2 nitrogen and oxygen atoms in total. The summed E-state index contributed by atoms with van der Waals surface area (Å²) in [4.78, 5) is 0. The fourth-order valence-electron chi connectivity index (χ4n) is 1.12. The van der Waals surface area contributed by atoms with Crippen molar-refractivity contribution in [3.8, 4) is 6.07 Å². The molecule has 0 saturated heterocycles. The Labute approximate surface area is 93.1 Å². The van der Waals surface area contributed by atoms with Gasteiger partial charge in [0.05, 0.1) is 12.0 Å². The Morgan fingerprint density at radius 3 is 2.79 bits per heavy atom. The van der Waals surface area contributed by atoms with Crippen LogP contribution in [0.2, 0.25) is 0 Å². The van der Waals surface area contributed by atoms with E-state index in [1.165, 1.54) is 0 Å². The van der Waals surface area contributed by atoms with Crippen LogP contribution in [-0.4, -0.2) is 6.54 Å². The molecule has 0 saturated carbocycles. The number of halogens is 1. The molecule has 1 unspecified atom stereocenters. The first-order chi connectivity index (χ1) is 6.77. The molecular weight excluding hydrogens is 240 g/mol. The van der Waals surface area contributed by atoms with Gasteiger partial charge in [-0.05, 0) is 34.5 Å². The lowest BCUT2D eigenvalue weighted by molar-refractivity contribution is 0.674. The van der Waals surface area contributed by atoms with E-state index < -0.39 is 0 Å². The molecule has 0 bridgehead atoms. The quantitative estimate of drug-likeness (QED) is 0.892. The van der Waals surface area contributed by atoms with Crippen molar-refractivity contribution in [3.05, 3.63) is 28.7 Å². The highest BCUT2D eigenvalue weighted by Crippen LogP contribution is 2.21. The van der Waals surface area contributed by atoms with E-state index in [0.29, 0.717) is 6.54 Å². The molecule has 3 heteroatoms. The number of nitrogens with one attached hydrogen (secondary N) is 1. The molecule has 0 radical (unpaired) electrons. The molecule has 0 aromatic heterocycles. The van der Waals surface area contributed by atoms with E-state index in [4.69, 9.17) is 5.26 Å². The normalized spacial score (nSPS) is 11.8. The van der Waals surface area contributed by atoms with Crippen molar-refractivity contribution in [2.45, 2.75) is 13.3 Å². The minimum absolute atomic E-state index is 0.0853. The third-order valence-corrected chi connectivity index (χ3v) is 2.78. The molecule has 1 aromatic rings. The Bertz CT molecular complexity index is 330. The van der Waals surface area contributed by atoms with Crippen LogP contribution in [0, 0.1) is 17.2 Å². The molecule has 0 amide bonds. The smallest absolute Gasteiger partial charge is 0.0674 e. The number of nitriles is 1. The van der Waals surface area contributed by atoms with Gasteiger partial charge >= 0.3 is 0 Å². The number of para-hydroxylation sites is 1. The molecule has 0 aliphatic carbocycles. The summed E-state index contributed by atoms with van der Waals surface area (Å²) in [7, 11) is 0. The van der Waals surface area contributed by atoms with Gasteiger partial charge < -0.3 is 5.32 Å². The van der Waals surface area contributed by atoms with Crippen LogP contribution in [0.1, 0.15) is 13.3 Å². The van der Waals surface area contributed by atoms with Crippen LogP contribution in [0.5, 0.6) is 0 Å². The Morgan fingerprint density at radius 2 is 2.21 bits per heavy atom. The van der Waals surface area contributed by atoms with Crippen molar-refractivity contribution in [1.82, 2.24) is 0 Å². The van der Waals surface area contributed by atoms with Crippen molar-refractivity contribution in [1.29, 1.82) is 5.26 Å². The highest BCUT2D eigenvalue weighted by Gasteiger charge is 2.04. The Kier molecular flexibility index (Phi) is 4.48. The van der Waals surface area contributed by atoms with E-state index in [2.05, 4.69) is 27.3 Å². The first kappa shape index (κ1) is 11.1. The molecule has 14 heavy (non-hydrogen) atoms. The van der Waals surface area contributed by atoms with E-state index in [1.54, 1.807) is 0 Å². The highest BCUT2D eigenvalue weighted by atomic mass is 79.9. The molecule has 1 rings (SSSR count). The zero-order valence-corrected chi connectivity index (χ0v) is 9.71. The number of hydrogen-bond donors (Lipinski definition) is 1. The van der Waals surface area contributed by atoms with Gasteiger partial charge in [-0.25, -0.2) is 0 Å². The van der Waals surface area contributed by atoms with Gasteiger partial charge in [0.25, 0.3) is 0 Å². The second-order valence-corrected chi connectivity index (χ2v) is 3.95. The van der Waals surface area contributed by atoms with Crippen molar-refractivity contribution in [2.75, 3.05) is 11.9 Å². The molecule has 74 valence electrons. The molecule has 0 fully saturated rings. The molecule has 0 spiro atoms. The molecule has 1 N–H and O–H groups in total. The first-order valence-corrected chi connectivity index (χ1v) is 5.45. The molecule has 0 heterocycles. The number of hydrogen-bond acceptors (Lipinski definition) is 2. The zero-order chi connectivity index (χ0) is 10.4. The number of anilines is 1. The van der Waals surface area contributed by atoms with Gasteiger partial charge in [-0.2, -0.15) is 5.26 Å². The average Bonchev–Trinajstić information content (AvgIpc) is 2.22. The zero-order valence-electron chi connectivity index (χ0n) is 8.13. The maximum Gasteiger partial charge on any atom is 0.0674 e. The molecule has 1 atom stereocenters. The lowest BCUT2D eigenvalue weighted by Crippen LogP contribution is -2.11. The van der Waals surface area contributed by atoms with Crippen molar-refractivity contribution in [3.63, 3.8) is 0 Å². The summed E-state index contributed by atoms with van der Waals surface area (Å²) in [6.07, 6.45) is 0.883. The summed E-state index contributed by atoms with van der Waals surface area (Å²) in [5.41, 5.74) is 1.04. The lowest BCUT2D eigenvalue weighted by Gasteiger charge is -2.10. The van der Waals surface area contributed by atoms with Gasteiger partial charge in [0, 0.05) is 16.7 Å². The van der Waals surface area contributed by atoms with Crippen LogP contribution in [0.4, 0.5) is 5.69 Å². The average molecular weight is 253 g/mol. The van der Waals surface area contributed by atoms with E-state index >= 15 is 0 Å². The molecular formula is C11H13BrN2. The largest absolute Gasteiger partial charge is 0.383 e. The van der Waals surface area contributed by atoms with Gasteiger partial charge in [0.2, 0.25) is 0 Å². The maximum absolute atomic E-state index is 8.77. The monoisotopic (exact) mass is 252 g/mol. The van der Waals surface area contributed by atoms with Crippen LogP contribution in [-0.2, 0) is 0 Å². The third-order valence-electron chi connectivity index (χ3n) is 2.09. The molecule has 1 aromatic carbocycles. The Hall–Kier alpha value is -1.01. The van der Waals surface area contributed by atoms with Gasteiger partial charge in [0.1, 0.15) is 0 Å². The van der Waals surface area contributed by atoms with Crippen molar-refractivity contribution >= 4 is 21.6 Å². The van der Waals surface area contributed by atoms with E-state index in [-0.39, 0.29) is 5.92 Å². The molecule has 0 aliphatic heterocycles. The first-order valence-electron chi connectivity index (χ1n) is 4.66. The lowest BCUT2D eigenvalue weighted by atomic mass is 10.1. The van der Waals surface area contributed by atoms with Crippen LogP contribution in [0.15, 0.2) is 28.7 Å². The van der Waals surface area contributed by atoms with Crippen LogP contribution in [0.25, 0.3) is 0 Å². The van der Waals surface area contributed by atoms with E-state index in [9.17, 15) is 0 Å². The van der Waals surface area contributed by atoms with Crippen LogP contribution < -0.4 is 5.32 Å². The third kappa shape index (κ3) is 3.04. The summed E-state index contributed by atoms with van der Waals surface area (Å²) in [6.45, 7) is 2.73. The van der Waals surface area contributed by atoms with Gasteiger partial charge in [0.15, 0.2) is 0 Å². The number of nitrogens with zero attached hydrogens (tertiary/aromatic N) is 1. The van der Waals surface area contributed by atoms with Crippen LogP contribution in [0.3, 0.4) is 0 Å². The van der Waals surface area contributed by atoms with Gasteiger partial charge in [-0.1, -0.05) is 19.1 Å². The standard InChI is InChI=1S/C11H13BrN2/c1-2-9(7-13)8-14-11-6-4-3-5-10(11)12/h3-6,9,14H,2,8H2,1H3. The Morgan fingerprint density at radius 1 is 1.50 bits per heavy atom. The second-order valence-electron chi connectivity index (χ2n) is 3.10. The number of benzene rings is 1. The molecule has 0 aliphatic rings. The van der Waals surface area contributed by atoms with Crippen molar-refractivity contribution in [2.24, 2.45) is 5.92 Å². The number of rotatable bonds is 4. The fraction of sp³-hybridized carbons (Fsp3) is 0.364. The minimum Gasteiger partial charge on any atom is -0.383 e. The van der Waals surface area contributed by atoms with E-state index in [1.807, 2.05) is 31.2 Å². The Balaban J connectivity index is 2.54. The summed E-state index contributed by atoms with van der Waals surface area (Å²) in [5, 5.41) is 12.0. The second kappa shape index (κ2) is 5.66. The van der Waals surface area contributed by atoms with Crippen molar-refractivity contribution < 1.29 is 0 Å².